The third-order valence-corrected chi connectivity index (χ3v) is 1.50. The van der Waals surface area contributed by atoms with E-state index >= 15 is 0 Å². The van der Waals surface area contributed by atoms with Crippen LogP contribution in [0.15, 0.2) is 12.3 Å². The van der Waals surface area contributed by atoms with E-state index in [1.54, 1.807) is 0 Å². The summed E-state index contributed by atoms with van der Waals surface area (Å²) in [5, 5.41) is 6.59. The monoisotopic (exact) mass is 225 g/mol. The highest BCUT2D eigenvalue weighted by molar-refractivity contribution is 5.85. The molecule has 1 heterocycles. The van der Waals surface area contributed by atoms with Crippen LogP contribution in [0.3, 0.4) is 0 Å². The number of aromatic nitrogens is 2. The summed E-state index contributed by atoms with van der Waals surface area (Å²) in [6.07, 6.45) is 1.26. The lowest BCUT2D eigenvalue weighted by molar-refractivity contribution is 0.0569. The number of rotatable bonds is 4. The Bertz CT molecular complexity index is 263. The molecule has 0 fully saturated rings. The van der Waals surface area contributed by atoms with Gasteiger partial charge in [0.15, 0.2) is 0 Å². The van der Waals surface area contributed by atoms with Crippen LogP contribution >= 0.6 is 12.4 Å². The zero-order valence-corrected chi connectivity index (χ0v) is 8.89. The summed E-state index contributed by atoms with van der Waals surface area (Å²) < 4.78 is 24.7. The van der Waals surface area contributed by atoms with Crippen molar-refractivity contribution in [1.29, 1.82) is 0 Å². The van der Waals surface area contributed by atoms with Gasteiger partial charge in [0.05, 0.1) is 0 Å². The lowest BCUT2D eigenvalue weighted by Crippen LogP contribution is -2.09. The number of hydrogen-bond acceptors (Lipinski definition) is 2. The number of halogens is 3. The van der Waals surface area contributed by atoms with Gasteiger partial charge in [0.1, 0.15) is 5.82 Å². The molecule has 0 amide bonds. The van der Waals surface area contributed by atoms with Crippen LogP contribution in [0, 0.1) is 5.92 Å². The van der Waals surface area contributed by atoms with Gasteiger partial charge in [0.25, 0.3) is 0 Å². The minimum atomic E-state index is -2.56. The van der Waals surface area contributed by atoms with E-state index in [0.717, 1.165) is 6.54 Å². The maximum atomic E-state index is 12.1. The quantitative estimate of drug-likeness (QED) is 0.854. The summed E-state index contributed by atoms with van der Waals surface area (Å²) in [5.74, 6) is 0.964. The van der Waals surface area contributed by atoms with Crippen LogP contribution in [-0.4, -0.2) is 16.3 Å². The normalized spacial score (nSPS) is 10.4. The van der Waals surface area contributed by atoms with Gasteiger partial charge in [-0.25, -0.2) is 4.68 Å². The van der Waals surface area contributed by atoms with Crippen LogP contribution in [0.25, 0.3) is 0 Å². The third-order valence-electron chi connectivity index (χ3n) is 1.50. The van der Waals surface area contributed by atoms with Gasteiger partial charge in [-0.2, -0.15) is 13.9 Å². The number of nitrogens with one attached hydrogen (secondary N) is 1. The highest BCUT2D eigenvalue weighted by Crippen LogP contribution is 2.11. The van der Waals surface area contributed by atoms with E-state index < -0.39 is 6.55 Å². The molecule has 1 N–H and O–H groups in total. The van der Waals surface area contributed by atoms with Crippen LogP contribution in [0.5, 0.6) is 0 Å². The van der Waals surface area contributed by atoms with Crippen molar-refractivity contribution in [3.8, 4) is 0 Å². The molecular formula is C8H14ClF2N3. The van der Waals surface area contributed by atoms with Crippen molar-refractivity contribution in [1.82, 2.24) is 9.78 Å². The molecule has 3 nitrogen and oxygen atoms in total. The van der Waals surface area contributed by atoms with E-state index in [1.165, 1.54) is 12.3 Å². The van der Waals surface area contributed by atoms with E-state index in [4.69, 9.17) is 0 Å². The Morgan fingerprint density at radius 3 is 2.57 bits per heavy atom. The molecule has 82 valence electrons. The molecule has 0 aliphatic carbocycles. The summed E-state index contributed by atoms with van der Waals surface area (Å²) in [4.78, 5) is 0. The predicted molar refractivity (Wildman–Crippen MR) is 54.1 cm³/mol. The lowest BCUT2D eigenvalue weighted by Gasteiger charge is -2.05. The Morgan fingerprint density at radius 1 is 1.50 bits per heavy atom. The maximum absolute atomic E-state index is 12.1. The summed E-state index contributed by atoms with van der Waals surface area (Å²) in [7, 11) is 0. The Hall–Kier alpha value is -0.840. The Labute approximate surface area is 87.9 Å². The molecule has 0 atom stereocenters. The third kappa shape index (κ3) is 3.91. The standard InChI is InChI=1S/C8H13F2N3.ClH/c1-6(2)5-11-7-3-4-13(12-7)8(9)10;/h3-4,6,8H,5H2,1-2H3,(H,11,12);1H. The summed E-state index contributed by atoms with van der Waals surface area (Å²) in [5.41, 5.74) is 0. The van der Waals surface area contributed by atoms with E-state index in [2.05, 4.69) is 10.4 Å². The molecule has 6 heteroatoms. The highest BCUT2D eigenvalue weighted by Gasteiger charge is 2.06. The van der Waals surface area contributed by atoms with Crippen molar-refractivity contribution in [3.05, 3.63) is 12.3 Å². The van der Waals surface area contributed by atoms with Gasteiger partial charge < -0.3 is 5.32 Å². The molecule has 0 unspecified atom stereocenters. The molecule has 0 aromatic carbocycles. The number of alkyl halides is 2. The van der Waals surface area contributed by atoms with Crippen molar-refractivity contribution in [2.75, 3.05) is 11.9 Å². The van der Waals surface area contributed by atoms with Gasteiger partial charge in [-0.05, 0) is 5.92 Å². The van der Waals surface area contributed by atoms with E-state index in [-0.39, 0.29) is 12.4 Å². The number of nitrogens with zero attached hydrogens (tertiary/aromatic N) is 2. The van der Waals surface area contributed by atoms with Crippen LogP contribution < -0.4 is 5.32 Å². The molecule has 0 radical (unpaired) electrons. The first-order chi connectivity index (χ1) is 6.09. The minimum absolute atomic E-state index is 0. The van der Waals surface area contributed by atoms with Crippen molar-refractivity contribution >= 4 is 18.2 Å². The molecule has 0 bridgehead atoms. The first-order valence-electron chi connectivity index (χ1n) is 4.16. The van der Waals surface area contributed by atoms with Crippen molar-refractivity contribution in [2.24, 2.45) is 5.92 Å². The largest absolute Gasteiger partial charge is 0.368 e. The average molecular weight is 226 g/mol. The topological polar surface area (TPSA) is 29.9 Å². The van der Waals surface area contributed by atoms with E-state index in [1.807, 2.05) is 13.8 Å². The minimum Gasteiger partial charge on any atom is -0.368 e. The molecule has 0 aliphatic heterocycles. The molecule has 1 aromatic rings. The molecule has 0 spiro atoms. The first-order valence-corrected chi connectivity index (χ1v) is 4.16. The molecule has 0 saturated heterocycles. The SMILES string of the molecule is CC(C)CNc1ccn(C(F)F)n1.Cl. The fourth-order valence-corrected chi connectivity index (χ4v) is 0.850. The summed E-state index contributed by atoms with van der Waals surface area (Å²) in [6.45, 7) is 2.25. The Morgan fingerprint density at radius 2 is 2.14 bits per heavy atom. The lowest BCUT2D eigenvalue weighted by atomic mass is 10.2. The average Bonchev–Trinajstić information content (AvgIpc) is 2.48. The van der Waals surface area contributed by atoms with Crippen LogP contribution in [0.4, 0.5) is 14.6 Å². The van der Waals surface area contributed by atoms with E-state index in [0.29, 0.717) is 16.4 Å². The summed E-state index contributed by atoms with van der Waals surface area (Å²) in [6, 6.07) is 1.54. The zero-order valence-electron chi connectivity index (χ0n) is 8.08. The summed E-state index contributed by atoms with van der Waals surface area (Å²) >= 11 is 0. The number of anilines is 1. The fraction of sp³-hybridized carbons (Fsp3) is 0.625. The van der Waals surface area contributed by atoms with Crippen LogP contribution in [0.1, 0.15) is 20.4 Å². The highest BCUT2D eigenvalue weighted by atomic mass is 35.5. The first kappa shape index (κ1) is 13.2. The van der Waals surface area contributed by atoms with Gasteiger partial charge in [-0.3, -0.25) is 0 Å². The van der Waals surface area contributed by atoms with Gasteiger partial charge in [0, 0.05) is 18.8 Å². The molecule has 0 saturated carbocycles. The smallest absolute Gasteiger partial charge is 0.333 e. The molecular weight excluding hydrogens is 212 g/mol. The molecule has 1 rings (SSSR count). The second kappa shape index (κ2) is 5.80. The second-order valence-corrected chi connectivity index (χ2v) is 3.23. The molecule has 1 aromatic heterocycles. The van der Waals surface area contributed by atoms with Crippen LogP contribution in [-0.2, 0) is 0 Å². The van der Waals surface area contributed by atoms with Crippen molar-refractivity contribution in [2.45, 2.75) is 20.4 Å². The van der Waals surface area contributed by atoms with Crippen molar-refractivity contribution in [3.63, 3.8) is 0 Å². The Kier molecular flexibility index (Phi) is 5.45. The molecule has 14 heavy (non-hydrogen) atoms. The Balaban J connectivity index is 0.00000169. The van der Waals surface area contributed by atoms with Crippen molar-refractivity contribution < 1.29 is 8.78 Å². The van der Waals surface area contributed by atoms with Gasteiger partial charge >= 0.3 is 6.55 Å². The predicted octanol–water partition coefficient (Wildman–Crippen LogP) is 2.77. The maximum Gasteiger partial charge on any atom is 0.333 e. The van der Waals surface area contributed by atoms with Gasteiger partial charge in [0.2, 0.25) is 0 Å². The van der Waals surface area contributed by atoms with Gasteiger partial charge in [-0.15, -0.1) is 12.4 Å². The van der Waals surface area contributed by atoms with Crippen LogP contribution in [0.2, 0.25) is 0 Å². The fourth-order valence-electron chi connectivity index (χ4n) is 0.850. The second-order valence-electron chi connectivity index (χ2n) is 3.23. The van der Waals surface area contributed by atoms with Gasteiger partial charge in [-0.1, -0.05) is 13.8 Å². The zero-order chi connectivity index (χ0) is 9.84. The molecule has 0 aliphatic rings. The number of hydrogen-bond donors (Lipinski definition) is 1. The van der Waals surface area contributed by atoms with E-state index in [9.17, 15) is 8.78 Å².